The highest BCUT2D eigenvalue weighted by molar-refractivity contribution is 6.34. The molecule has 0 unspecified atom stereocenters. The van der Waals surface area contributed by atoms with Crippen LogP contribution in [0.15, 0.2) is 12.1 Å². The lowest BCUT2D eigenvalue weighted by Gasteiger charge is -2.05. The molecule has 1 aromatic carbocycles. The molecule has 1 amide bonds. The number of benzene rings is 1. The van der Waals surface area contributed by atoms with E-state index >= 15 is 0 Å². The van der Waals surface area contributed by atoms with Crippen LogP contribution in [-0.2, 0) is 4.79 Å². The van der Waals surface area contributed by atoms with Gasteiger partial charge in [-0.2, -0.15) is 9.65 Å². The Bertz CT molecular complexity index is 527. The van der Waals surface area contributed by atoms with E-state index in [1.54, 1.807) is 6.07 Å². The Kier molecular flexibility index (Phi) is 3.96. The number of rotatable bonds is 3. The van der Waals surface area contributed by atoms with Crippen LogP contribution in [0.5, 0.6) is 0 Å². The maximum Gasteiger partial charge on any atom is 0.306 e. The van der Waals surface area contributed by atoms with Gasteiger partial charge in [-0.1, -0.05) is 11.6 Å². The third-order valence-corrected chi connectivity index (χ3v) is 2.06. The summed E-state index contributed by atoms with van der Waals surface area (Å²) >= 11 is 5.62. The van der Waals surface area contributed by atoms with Gasteiger partial charge < -0.3 is 5.32 Å². The molecule has 0 aliphatic heterocycles. The van der Waals surface area contributed by atoms with Crippen molar-refractivity contribution in [1.29, 1.82) is 5.26 Å². The summed E-state index contributed by atoms with van der Waals surface area (Å²) in [6.45, 7) is 0. The summed E-state index contributed by atoms with van der Waals surface area (Å²) in [5.41, 5.74) is -0.900. The van der Waals surface area contributed by atoms with Gasteiger partial charge in [-0.3, -0.25) is 14.9 Å². The Balaban J connectivity index is 3.04. The normalized spacial score (nSPS) is 9.47. The van der Waals surface area contributed by atoms with Crippen LogP contribution in [0.3, 0.4) is 0 Å². The van der Waals surface area contributed by atoms with Gasteiger partial charge in [0.2, 0.25) is 11.7 Å². The topological polar surface area (TPSA) is 96.0 Å². The second-order valence-electron chi connectivity index (χ2n) is 2.92. The van der Waals surface area contributed by atoms with E-state index in [1.165, 1.54) is 0 Å². The van der Waals surface area contributed by atoms with E-state index in [2.05, 4.69) is 5.32 Å². The van der Waals surface area contributed by atoms with Crippen molar-refractivity contribution in [2.24, 2.45) is 0 Å². The lowest BCUT2D eigenvalue weighted by atomic mass is 10.2. The SMILES string of the molecule is N#CCC(=O)Nc1cc(F)c([N+](=O)[O-])cc1Cl. The minimum absolute atomic E-state index is 0.116. The molecule has 1 rings (SSSR count). The van der Waals surface area contributed by atoms with Crippen LogP contribution in [0.25, 0.3) is 0 Å². The Morgan fingerprint density at radius 2 is 2.29 bits per heavy atom. The molecule has 0 radical (unpaired) electrons. The molecule has 0 saturated carbocycles. The van der Waals surface area contributed by atoms with Gasteiger partial charge >= 0.3 is 5.69 Å². The fourth-order valence-corrected chi connectivity index (χ4v) is 1.24. The minimum atomic E-state index is -1.12. The molecular weight excluding hydrogens is 253 g/mol. The quantitative estimate of drug-likeness (QED) is 0.663. The molecule has 1 aromatic rings. The second kappa shape index (κ2) is 5.23. The zero-order valence-corrected chi connectivity index (χ0v) is 8.99. The van der Waals surface area contributed by atoms with Crippen LogP contribution in [-0.4, -0.2) is 10.8 Å². The van der Waals surface area contributed by atoms with Crippen molar-refractivity contribution in [3.63, 3.8) is 0 Å². The highest BCUT2D eigenvalue weighted by atomic mass is 35.5. The number of nitrogens with one attached hydrogen (secondary N) is 1. The average molecular weight is 258 g/mol. The van der Waals surface area contributed by atoms with Gasteiger partial charge in [-0.05, 0) is 0 Å². The summed E-state index contributed by atoms with van der Waals surface area (Å²) in [7, 11) is 0. The van der Waals surface area contributed by atoms with Crippen LogP contribution in [0.1, 0.15) is 6.42 Å². The highest BCUT2D eigenvalue weighted by Crippen LogP contribution is 2.29. The number of nitrogens with zero attached hydrogens (tertiary/aromatic N) is 2. The van der Waals surface area contributed by atoms with Crippen molar-refractivity contribution in [2.45, 2.75) is 6.42 Å². The number of nitriles is 1. The molecule has 1 N–H and O–H groups in total. The van der Waals surface area contributed by atoms with Gasteiger partial charge in [0.1, 0.15) is 6.42 Å². The van der Waals surface area contributed by atoms with E-state index in [9.17, 15) is 19.3 Å². The molecule has 0 bridgehead atoms. The zero-order chi connectivity index (χ0) is 13.0. The van der Waals surface area contributed by atoms with Crippen LogP contribution in [0.2, 0.25) is 5.02 Å². The number of nitro groups is 1. The molecule has 6 nitrogen and oxygen atoms in total. The fraction of sp³-hybridized carbons (Fsp3) is 0.111. The van der Waals surface area contributed by atoms with E-state index in [1.807, 2.05) is 0 Å². The molecule has 0 aromatic heterocycles. The summed E-state index contributed by atoms with van der Waals surface area (Å²) in [5.74, 6) is -1.80. The molecule has 0 aliphatic rings. The highest BCUT2D eigenvalue weighted by Gasteiger charge is 2.18. The van der Waals surface area contributed by atoms with Gasteiger partial charge in [0.25, 0.3) is 0 Å². The number of anilines is 1. The molecule has 0 spiro atoms. The lowest BCUT2D eigenvalue weighted by molar-refractivity contribution is -0.387. The first-order valence-electron chi connectivity index (χ1n) is 4.26. The van der Waals surface area contributed by atoms with E-state index in [4.69, 9.17) is 16.9 Å². The molecule has 0 aliphatic carbocycles. The predicted octanol–water partition coefficient (Wildman–Crippen LogP) is 2.24. The Labute approximate surface area is 99.8 Å². The third-order valence-electron chi connectivity index (χ3n) is 1.75. The standard InChI is InChI=1S/C9H5ClFN3O3/c10-5-3-8(14(16)17)6(11)4-7(5)13-9(15)1-2-12/h3-4H,1H2,(H,13,15). The van der Waals surface area contributed by atoms with Gasteiger partial charge in [0.15, 0.2) is 0 Å². The Morgan fingerprint density at radius 3 is 2.82 bits per heavy atom. The molecule has 8 heteroatoms. The molecule has 88 valence electrons. The molecule has 0 heterocycles. The summed E-state index contributed by atoms with van der Waals surface area (Å²) in [6, 6.07) is 3.12. The Hall–Kier alpha value is -2.20. The van der Waals surface area contributed by atoms with Crippen molar-refractivity contribution in [3.05, 3.63) is 33.1 Å². The van der Waals surface area contributed by atoms with Gasteiger partial charge in [-0.25, -0.2) is 0 Å². The monoisotopic (exact) mass is 257 g/mol. The summed E-state index contributed by atoms with van der Waals surface area (Å²) in [5, 5.41) is 20.6. The number of amides is 1. The Morgan fingerprint density at radius 1 is 1.65 bits per heavy atom. The third kappa shape index (κ3) is 3.12. The average Bonchev–Trinajstić information content (AvgIpc) is 2.22. The second-order valence-corrected chi connectivity index (χ2v) is 3.33. The minimum Gasteiger partial charge on any atom is -0.324 e. The number of hydrogen-bond donors (Lipinski definition) is 1. The molecule has 0 saturated heterocycles. The summed E-state index contributed by atoms with van der Waals surface area (Å²) in [4.78, 5) is 20.5. The lowest BCUT2D eigenvalue weighted by Crippen LogP contribution is -2.11. The maximum absolute atomic E-state index is 13.2. The molecular formula is C9H5ClFN3O3. The summed E-state index contributed by atoms with van der Waals surface area (Å²) in [6.07, 6.45) is -0.422. The maximum atomic E-state index is 13.2. The van der Waals surface area contributed by atoms with Crippen molar-refractivity contribution < 1.29 is 14.1 Å². The van der Waals surface area contributed by atoms with Crippen LogP contribution in [0, 0.1) is 27.3 Å². The number of hydrogen-bond acceptors (Lipinski definition) is 4. The van der Waals surface area contributed by atoms with Crippen LogP contribution >= 0.6 is 11.6 Å². The largest absolute Gasteiger partial charge is 0.324 e. The van der Waals surface area contributed by atoms with E-state index in [0.29, 0.717) is 0 Å². The molecule has 17 heavy (non-hydrogen) atoms. The van der Waals surface area contributed by atoms with E-state index in [0.717, 1.165) is 12.1 Å². The number of halogens is 2. The van der Waals surface area contributed by atoms with Crippen molar-refractivity contribution >= 4 is 28.9 Å². The first-order chi connectivity index (χ1) is 7.95. The van der Waals surface area contributed by atoms with E-state index in [-0.39, 0.29) is 10.7 Å². The first kappa shape index (κ1) is 12.9. The van der Waals surface area contributed by atoms with E-state index < -0.39 is 28.8 Å². The van der Waals surface area contributed by atoms with Gasteiger partial charge in [0, 0.05) is 12.1 Å². The molecule has 0 fully saturated rings. The van der Waals surface area contributed by atoms with Gasteiger partial charge in [0.05, 0.1) is 21.7 Å². The fourth-order valence-electron chi connectivity index (χ4n) is 1.04. The van der Waals surface area contributed by atoms with Crippen LogP contribution in [0.4, 0.5) is 15.8 Å². The van der Waals surface area contributed by atoms with Crippen molar-refractivity contribution in [1.82, 2.24) is 0 Å². The van der Waals surface area contributed by atoms with Crippen molar-refractivity contribution in [3.8, 4) is 6.07 Å². The zero-order valence-electron chi connectivity index (χ0n) is 8.24. The van der Waals surface area contributed by atoms with Crippen LogP contribution < -0.4 is 5.32 Å². The summed E-state index contributed by atoms with van der Waals surface area (Å²) < 4.78 is 13.2. The predicted molar refractivity (Wildman–Crippen MR) is 56.9 cm³/mol. The smallest absolute Gasteiger partial charge is 0.306 e. The van der Waals surface area contributed by atoms with Gasteiger partial charge in [-0.15, -0.1) is 0 Å². The number of carbonyl (C=O) groups excluding carboxylic acids is 1. The number of nitro benzene ring substituents is 1. The first-order valence-corrected chi connectivity index (χ1v) is 4.63. The number of carbonyl (C=O) groups is 1. The molecule has 0 atom stereocenters. The van der Waals surface area contributed by atoms with Crippen molar-refractivity contribution in [2.75, 3.05) is 5.32 Å².